The van der Waals surface area contributed by atoms with E-state index < -0.39 is 8.56 Å². The van der Waals surface area contributed by atoms with E-state index in [-0.39, 0.29) is 0 Å². The molecule has 0 bridgehead atoms. The van der Waals surface area contributed by atoms with Crippen LogP contribution in [0.4, 0.5) is 0 Å². The van der Waals surface area contributed by atoms with Crippen LogP contribution in [0.2, 0.25) is 13.1 Å². The molecule has 0 aromatic rings. The van der Waals surface area contributed by atoms with E-state index in [0.717, 1.165) is 13.0 Å². The minimum Gasteiger partial charge on any atom is -0.395 e. The Hall–Kier alpha value is 0.137. The third-order valence-electron chi connectivity index (χ3n) is 2.35. The Morgan fingerprint density at radius 1 is 1.07 bits per heavy atom. The summed E-state index contributed by atoms with van der Waals surface area (Å²) in [5.41, 5.74) is 0. The molecule has 0 aliphatic carbocycles. The van der Waals surface area contributed by atoms with Gasteiger partial charge < -0.3 is 8.85 Å². The van der Waals surface area contributed by atoms with Crippen LogP contribution >= 0.6 is 0 Å². The van der Waals surface area contributed by atoms with Crippen molar-refractivity contribution in [3.63, 3.8) is 0 Å². The average Bonchev–Trinajstić information content (AvgIpc) is 2.14. The molecule has 0 saturated heterocycles. The predicted molar refractivity (Wildman–Crippen MR) is 68.4 cm³/mol. The summed E-state index contributed by atoms with van der Waals surface area (Å²) >= 11 is 0. The molecule has 1 atom stereocenters. The maximum Gasteiger partial charge on any atom is 0.331 e. The zero-order valence-corrected chi connectivity index (χ0v) is 12.1. The largest absolute Gasteiger partial charge is 0.395 e. The summed E-state index contributed by atoms with van der Waals surface area (Å²) in [5, 5.41) is 0. The van der Waals surface area contributed by atoms with Crippen LogP contribution < -0.4 is 0 Å². The number of hydrogen-bond acceptors (Lipinski definition) is 2. The van der Waals surface area contributed by atoms with E-state index in [1.165, 1.54) is 25.7 Å². The summed E-state index contributed by atoms with van der Waals surface area (Å²) in [4.78, 5) is 0. The molecule has 0 aliphatic rings. The SMILES string of the molecule is CCCCCC(C)O[Si](C)(C)OCCC. The lowest BCUT2D eigenvalue weighted by molar-refractivity contribution is 0.124. The van der Waals surface area contributed by atoms with Crippen molar-refractivity contribution in [2.45, 2.75) is 72.1 Å². The van der Waals surface area contributed by atoms with Crippen LogP contribution in [0.3, 0.4) is 0 Å². The standard InChI is InChI=1S/C12H28O2Si/c1-6-8-9-10-12(3)14-15(4,5)13-11-7-2/h12H,6-11H2,1-5H3. The van der Waals surface area contributed by atoms with Crippen LogP contribution in [0.15, 0.2) is 0 Å². The van der Waals surface area contributed by atoms with Gasteiger partial charge in [-0.05, 0) is 32.9 Å². The zero-order chi connectivity index (χ0) is 11.7. The molecule has 0 aromatic heterocycles. The first-order valence-electron chi connectivity index (χ1n) is 6.33. The highest BCUT2D eigenvalue weighted by atomic mass is 28.4. The van der Waals surface area contributed by atoms with Crippen LogP contribution in [0, 0.1) is 0 Å². The maximum atomic E-state index is 6.00. The molecular weight excluding hydrogens is 204 g/mol. The molecule has 0 amide bonds. The molecule has 0 spiro atoms. The van der Waals surface area contributed by atoms with Gasteiger partial charge in [-0.15, -0.1) is 0 Å². The number of unbranched alkanes of at least 4 members (excludes halogenated alkanes) is 2. The lowest BCUT2D eigenvalue weighted by Gasteiger charge is -2.26. The highest BCUT2D eigenvalue weighted by Crippen LogP contribution is 2.14. The monoisotopic (exact) mass is 232 g/mol. The number of rotatable bonds is 9. The number of hydrogen-bond donors (Lipinski definition) is 0. The van der Waals surface area contributed by atoms with Gasteiger partial charge >= 0.3 is 8.56 Å². The summed E-state index contributed by atoms with van der Waals surface area (Å²) in [6.07, 6.45) is 6.46. The lowest BCUT2D eigenvalue weighted by Crippen LogP contribution is -2.38. The topological polar surface area (TPSA) is 18.5 Å². The van der Waals surface area contributed by atoms with Gasteiger partial charge in [-0.25, -0.2) is 0 Å². The molecule has 2 nitrogen and oxygen atoms in total. The van der Waals surface area contributed by atoms with E-state index in [9.17, 15) is 0 Å². The van der Waals surface area contributed by atoms with Crippen molar-refractivity contribution in [2.75, 3.05) is 6.61 Å². The molecule has 92 valence electrons. The second-order valence-electron chi connectivity index (χ2n) is 4.67. The first-order chi connectivity index (χ1) is 7.02. The van der Waals surface area contributed by atoms with Gasteiger partial charge in [0.05, 0.1) is 0 Å². The van der Waals surface area contributed by atoms with E-state index in [1.54, 1.807) is 0 Å². The summed E-state index contributed by atoms with van der Waals surface area (Å²) in [6.45, 7) is 11.6. The van der Waals surface area contributed by atoms with Crippen LogP contribution in [0.25, 0.3) is 0 Å². The highest BCUT2D eigenvalue weighted by molar-refractivity contribution is 6.64. The van der Waals surface area contributed by atoms with Crippen molar-refractivity contribution in [1.82, 2.24) is 0 Å². The van der Waals surface area contributed by atoms with Gasteiger partial charge in [0.1, 0.15) is 0 Å². The minimum absolute atomic E-state index is 0.357. The Morgan fingerprint density at radius 3 is 2.27 bits per heavy atom. The smallest absolute Gasteiger partial charge is 0.331 e. The van der Waals surface area contributed by atoms with Crippen LogP contribution in [0.5, 0.6) is 0 Å². The summed E-state index contributed by atoms with van der Waals surface area (Å²) in [6, 6.07) is 0. The molecule has 0 saturated carbocycles. The van der Waals surface area contributed by atoms with E-state index in [1.807, 2.05) is 0 Å². The van der Waals surface area contributed by atoms with Crippen molar-refractivity contribution in [1.29, 1.82) is 0 Å². The Balaban J connectivity index is 3.67. The Bertz CT molecular complexity index is 149. The fraction of sp³-hybridized carbons (Fsp3) is 1.00. The van der Waals surface area contributed by atoms with Crippen LogP contribution in [-0.2, 0) is 8.85 Å². The first-order valence-corrected chi connectivity index (χ1v) is 9.15. The van der Waals surface area contributed by atoms with Crippen LogP contribution in [0.1, 0.15) is 52.9 Å². The van der Waals surface area contributed by atoms with Gasteiger partial charge in [-0.1, -0.05) is 33.1 Å². The molecule has 1 unspecified atom stereocenters. The summed E-state index contributed by atoms with van der Waals surface area (Å²) in [5.74, 6) is 0. The van der Waals surface area contributed by atoms with E-state index in [4.69, 9.17) is 8.85 Å². The van der Waals surface area contributed by atoms with Crippen molar-refractivity contribution in [3.05, 3.63) is 0 Å². The molecule has 0 fully saturated rings. The zero-order valence-electron chi connectivity index (χ0n) is 11.1. The predicted octanol–water partition coefficient (Wildman–Crippen LogP) is 4.10. The molecule has 0 aromatic carbocycles. The van der Waals surface area contributed by atoms with Gasteiger partial charge in [-0.3, -0.25) is 0 Å². The summed E-state index contributed by atoms with van der Waals surface area (Å²) < 4.78 is 11.8. The lowest BCUT2D eigenvalue weighted by atomic mass is 10.1. The molecule has 0 aliphatic heterocycles. The van der Waals surface area contributed by atoms with Gasteiger partial charge in [-0.2, -0.15) is 0 Å². The van der Waals surface area contributed by atoms with Crippen molar-refractivity contribution in [2.24, 2.45) is 0 Å². The molecule has 0 radical (unpaired) electrons. The molecule has 0 rings (SSSR count). The van der Waals surface area contributed by atoms with Crippen LogP contribution in [-0.4, -0.2) is 21.3 Å². The Labute approximate surface area is 96.6 Å². The minimum atomic E-state index is -1.85. The molecule has 0 heterocycles. The molecule has 15 heavy (non-hydrogen) atoms. The van der Waals surface area contributed by atoms with Crippen molar-refractivity contribution < 1.29 is 8.85 Å². The van der Waals surface area contributed by atoms with Gasteiger partial charge in [0.15, 0.2) is 0 Å². The quantitative estimate of drug-likeness (QED) is 0.440. The van der Waals surface area contributed by atoms with Gasteiger partial charge in [0, 0.05) is 12.7 Å². The first kappa shape index (κ1) is 15.1. The molecular formula is C12H28O2Si. The second kappa shape index (κ2) is 8.31. The van der Waals surface area contributed by atoms with Crippen molar-refractivity contribution >= 4 is 8.56 Å². The molecule has 3 heteroatoms. The normalized spacial score (nSPS) is 14.2. The Morgan fingerprint density at radius 2 is 1.73 bits per heavy atom. The van der Waals surface area contributed by atoms with E-state index >= 15 is 0 Å². The molecule has 0 N–H and O–H groups in total. The van der Waals surface area contributed by atoms with Gasteiger partial charge in [0.25, 0.3) is 0 Å². The second-order valence-corrected chi connectivity index (χ2v) is 8.00. The maximum absolute atomic E-state index is 6.00. The third-order valence-corrected chi connectivity index (χ3v) is 4.22. The Kier molecular flexibility index (Phi) is 8.38. The fourth-order valence-electron chi connectivity index (χ4n) is 1.61. The third kappa shape index (κ3) is 9.09. The summed E-state index contributed by atoms with van der Waals surface area (Å²) in [7, 11) is -1.85. The van der Waals surface area contributed by atoms with E-state index in [2.05, 4.69) is 33.9 Å². The fourth-order valence-corrected chi connectivity index (χ4v) is 3.46. The van der Waals surface area contributed by atoms with Crippen molar-refractivity contribution in [3.8, 4) is 0 Å². The van der Waals surface area contributed by atoms with Gasteiger partial charge in [0.2, 0.25) is 0 Å². The van der Waals surface area contributed by atoms with E-state index in [0.29, 0.717) is 6.10 Å². The highest BCUT2D eigenvalue weighted by Gasteiger charge is 2.26. The average molecular weight is 232 g/mol.